The molecule has 0 radical (unpaired) electrons. The molecule has 1 atom stereocenters. The lowest BCUT2D eigenvalue weighted by molar-refractivity contribution is -0.139. The third kappa shape index (κ3) is 5.45. The molecule has 1 saturated heterocycles. The highest BCUT2D eigenvalue weighted by Gasteiger charge is 2.39. The van der Waals surface area contributed by atoms with Crippen molar-refractivity contribution >= 4 is 17.9 Å². The van der Waals surface area contributed by atoms with Crippen molar-refractivity contribution < 1.29 is 28.6 Å². The summed E-state index contributed by atoms with van der Waals surface area (Å²) < 4.78 is 16.5. The summed E-state index contributed by atoms with van der Waals surface area (Å²) in [5, 5.41) is 2.93. The van der Waals surface area contributed by atoms with Crippen LogP contribution in [-0.2, 0) is 9.53 Å². The summed E-state index contributed by atoms with van der Waals surface area (Å²) in [7, 11) is 4.69. The zero-order valence-electron chi connectivity index (χ0n) is 22.2. The molecule has 0 aromatic heterocycles. The molecule has 0 bridgehead atoms. The number of benzene rings is 2. The van der Waals surface area contributed by atoms with Crippen molar-refractivity contribution in [3.63, 3.8) is 0 Å². The molecule has 2 aromatic rings. The molecule has 10 heteroatoms. The van der Waals surface area contributed by atoms with Gasteiger partial charge in [0, 0.05) is 56.6 Å². The average Bonchev–Trinajstić information content (AvgIpc) is 2.95. The Hall–Kier alpha value is -4.05. The molecule has 2 aromatic carbocycles. The van der Waals surface area contributed by atoms with E-state index in [2.05, 4.69) is 10.2 Å². The lowest BCUT2D eigenvalue weighted by Gasteiger charge is -2.39. The van der Waals surface area contributed by atoms with Crippen LogP contribution in [0.4, 0.5) is 4.79 Å². The summed E-state index contributed by atoms with van der Waals surface area (Å²) in [4.78, 5) is 44.7. The highest BCUT2D eigenvalue weighted by molar-refractivity contribution is 5.96. The molecule has 2 aliphatic heterocycles. The summed E-state index contributed by atoms with van der Waals surface area (Å²) in [5.74, 6) is 0.402. The first-order chi connectivity index (χ1) is 18.4. The van der Waals surface area contributed by atoms with Crippen LogP contribution in [0.1, 0.15) is 28.9 Å². The number of urea groups is 1. The van der Waals surface area contributed by atoms with Crippen LogP contribution in [-0.4, -0.2) is 93.2 Å². The van der Waals surface area contributed by atoms with Gasteiger partial charge in [-0.25, -0.2) is 9.59 Å². The number of nitrogens with one attached hydrogen (secondary N) is 1. The van der Waals surface area contributed by atoms with Crippen molar-refractivity contribution in [2.75, 3.05) is 60.6 Å². The second kappa shape index (κ2) is 12.0. The Morgan fingerprint density at radius 1 is 0.974 bits per heavy atom. The van der Waals surface area contributed by atoms with Crippen LogP contribution in [0.15, 0.2) is 59.8 Å². The van der Waals surface area contributed by atoms with Crippen LogP contribution in [0.2, 0.25) is 0 Å². The number of hydrogen-bond acceptors (Lipinski definition) is 7. The van der Waals surface area contributed by atoms with Gasteiger partial charge in [0.05, 0.1) is 32.4 Å². The number of esters is 1. The number of carbonyl (C=O) groups is 3. The lowest BCUT2D eigenvalue weighted by atomic mass is 9.93. The normalized spacial score (nSPS) is 18.2. The molecule has 1 N–H and O–H groups in total. The topological polar surface area (TPSA) is 101 Å². The number of amides is 3. The number of hydrogen-bond donors (Lipinski definition) is 1. The first-order valence-electron chi connectivity index (χ1n) is 12.6. The summed E-state index contributed by atoms with van der Waals surface area (Å²) in [6.07, 6.45) is 0. The molecule has 3 amide bonds. The average molecular weight is 523 g/mol. The Balaban J connectivity index is 1.63. The highest BCUT2D eigenvalue weighted by atomic mass is 16.5. The van der Waals surface area contributed by atoms with E-state index in [1.165, 1.54) is 19.1 Å². The fraction of sp³-hybridized carbons (Fsp3) is 0.393. The number of rotatable bonds is 8. The lowest BCUT2D eigenvalue weighted by Crippen LogP contribution is -2.53. The zero-order valence-corrected chi connectivity index (χ0v) is 22.2. The van der Waals surface area contributed by atoms with Crippen molar-refractivity contribution in [1.82, 2.24) is 20.0 Å². The Labute approximate surface area is 222 Å². The molecular formula is C28H34N4O6. The molecule has 0 aliphatic carbocycles. The van der Waals surface area contributed by atoms with E-state index in [9.17, 15) is 14.4 Å². The van der Waals surface area contributed by atoms with E-state index < -0.39 is 12.0 Å². The van der Waals surface area contributed by atoms with E-state index in [4.69, 9.17) is 14.2 Å². The van der Waals surface area contributed by atoms with Crippen LogP contribution in [0.3, 0.4) is 0 Å². The summed E-state index contributed by atoms with van der Waals surface area (Å²) in [5.41, 5.74) is 2.13. The molecular weight excluding hydrogens is 488 g/mol. The highest BCUT2D eigenvalue weighted by Crippen LogP contribution is 2.40. The number of para-hydroxylation sites is 1. The van der Waals surface area contributed by atoms with Gasteiger partial charge in [-0.05, 0) is 25.1 Å². The van der Waals surface area contributed by atoms with Crippen molar-refractivity contribution in [3.8, 4) is 11.5 Å². The Bertz CT molecular complexity index is 1210. The predicted octanol–water partition coefficient (Wildman–Crippen LogP) is 2.68. The van der Waals surface area contributed by atoms with Gasteiger partial charge >= 0.3 is 12.0 Å². The van der Waals surface area contributed by atoms with E-state index in [0.29, 0.717) is 66.6 Å². The number of nitrogens with zero attached hydrogens (tertiary/aromatic N) is 3. The van der Waals surface area contributed by atoms with E-state index in [1.807, 2.05) is 35.2 Å². The van der Waals surface area contributed by atoms with Gasteiger partial charge in [-0.15, -0.1) is 0 Å². The molecule has 0 spiro atoms. The molecule has 202 valence electrons. The van der Waals surface area contributed by atoms with Gasteiger partial charge in [-0.3, -0.25) is 14.6 Å². The zero-order chi connectivity index (χ0) is 27.2. The van der Waals surface area contributed by atoms with Crippen molar-refractivity contribution in [2.45, 2.75) is 13.0 Å². The van der Waals surface area contributed by atoms with E-state index in [0.717, 1.165) is 0 Å². The van der Waals surface area contributed by atoms with Crippen LogP contribution in [0.5, 0.6) is 11.5 Å². The molecule has 2 heterocycles. The quantitative estimate of drug-likeness (QED) is 0.532. The number of ether oxygens (including phenoxy) is 3. The second-order valence-electron chi connectivity index (χ2n) is 9.04. The van der Waals surface area contributed by atoms with Crippen LogP contribution in [0, 0.1) is 0 Å². The van der Waals surface area contributed by atoms with Gasteiger partial charge in [0.15, 0.2) is 11.5 Å². The Kier molecular flexibility index (Phi) is 8.52. The van der Waals surface area contributed by atoms with Gasteiger partial charge in [-0.1, -0.05) is 30.3 Å². The van der Waals surface area contributed by atoms with E-state index in [1.54, 1.807) is 32.2 Å². The predicted molar refractivity (Wildman–Crippen MR) is 141 cm³/mol. The maximum Gasteiger partial charge on any atom is 0.338 e. The fourth-order valence-electron chi connectivity index (χ4n) is 4.85. The number of methoxy groups -OCH3 is 2. The molecule has 0 unspecified atom stereocenters. The molecule has 1 fully saturated rings. The maximum absolute atomic E-state index is 13.3. The smallest absolute Gasteiger partial charge is 0.338 e. The van der Waals surface area contributed by atoms with Crippen molar-refractivity contribution in [1.29, 1.82) is 0 Å². The fourth-order valence-corrected chi connectivity index (χ4v) is 4.85. The van der Waals surface area contributed by atoms with Crippen molar-refractivity contribution in [3.05, 3.63) is 70.9 Å². The first kappa shape index (κ1) is 27.0. The molecule has 38 heavy (non-hydrogen) atoms. The third-order valence-electron chi connectivity index (χ3n) is 6.87. The Morgan fingerprint density at radius 2 is 1.68 bits per heavy atom. The molecule has 10 nitrogen and oxygen atoms in total. The van der Waals surface area contributed by atoms with Gasteiger partial charge in [0.25, 0.3) is 5.91 Å². The van der Waals surface area contributed by atoms with Crippen LogP contribution in [0.25, 0.3) is 0 Å². The minimum Gasteiger partial charge on any atom is -0.493 e. The Morgan fingerprint density at radius 3 is 2.32 bits per heavy atom. The minimum atomic E-state index is -0.793. The largest absolute Gasteiger partial charge is 0.493 e. The van der Waals surface area contributed by atoms with Crippen LogP contribution < -0.4 is 14.8 Å². The van der Waals surface area contributed by atoms with Gasteiger partial charge < -0.3 is 24.4 Å². The summed E-state index contributed by atoms with van der Waals surface area (Å²) in [6, 6.07) is 13.4. The second-order valence-corrected chi connectivity index (χ2v) is 9.04. The maximum atomic E-state index is 13.3. The molecule has 2 aliphatic rings. The van der Waals surface area contributed by atoms with Gasteiger partial charge in [-0.2, -0.15) is 0 Å². The molecule has 4 rings (SSSR count). The number of likely N-dealkylation sites (N-methyl/N-ethyl adjacent to an activating group) is 1. The van der Waals surface area contributed by atoms with Gasteiger partial charge in [0.2, 0.25) is 0 Å². The standard InChI is InChI=1S/C28H34N4O6/c1-5-38-27(34)23-21(18-31-14-16-32(17-15-31)26(33)19-10-7-6-8-11-19)30(2)28(35)29-24(23)20-12-9-13-22(36-3)25(20)37-4/h6-13,24H,5,14-18H2,1-4H3,(H,29,35)/t24-/m1/s1. The van der Waals surface area contributed by atoms with E-state index >= 15 is 0 Å². The van der Waals surface area contributed by atoms with E-state index in [-0.39, 0.29) is 18.5 Å². The minimum absolute atomic E-state index is 0.00368. The summed E-state index contributed by atoms with van der Waals surface area (Å²) >= 11 is 0. The third-order valence-corrected chi connectivity index (χ3v) is 6.87. The van der Waals surface area contributed by atoms with Crippen LogP contribution >= 0.6 is 0 Å². The van der Waals surface area contributed by atoms with Crippen molar-refractivity contribution in [2.24, 2.45) is 0 Å². The first-order valence-corrected chi connectivity index (χ1v) is 12.6. The monoisotopic (exact) mass is 522 g/mol. The molecule has 0 saturated carbocycles. The SMILES string of the molecule is CCOC(=O)C1=C(CN2CCN(C(=O)c3ccccc3)CC2)N(C)C(=O)N[C@@H]1c1cccc(OC)c1OC. The number of carbonyl (C=O) groups excluding carboxylic acids is 3. The van der Waals surface area contributed by atoms with Gasteiger partial charge in [0.1, 0.15) is 0 Å². The summed E-state index contributed by atoms with van der Waals surface area (Å²) in [6.45, 7) is 4.55. The number of piperazine rings is 1.